The van der Waals surface area contributed by atoms with E-state index in [1.54, 1.807) is 12.3 Å². The quantitative estimate of drug-likeness (QED) is 0.660. The summed E-state index contributed by atoms with van der Waals surface area (Å²) in [6.45, 7) is 6.22. The van der Waals surface area contributed by atoms with Gasteiger partial charge in [0.2, 0.25) is 5.95 Å². The van der Waals surface area contributed by atoms with Crippen molar-refractivity contribution in [1.82, 2.24) is 15.3 Å². The van der Waals surface area contributed by atoms with Crippen molar-refractivity contribution in [2.75, 3.05) is 5.32 Å². The molecular weight excluding hydrogens is 336 g/mol. The predicted octanol–water partition coefficient (Wildman–Crippen LogP) is 4.83. The monoisotopic (exact) mass is 360 g/mol. The molecule has 2 aromatic carbocycles. The van der Waals surface area contributed by atoms with Gasteiger partial charge in [-0.1, -0.05) is 62.4 Å². The number of benzene rings is 2. The van der Waals surface area contributed by atoms with E-state index in [2.05, 4.69) is 40.5 Å². The SMILES string of the molecule is CC(C)c1ccccc1Nc1nccc(C(=O)NC(C)c2ccccc2)n1. The van der Waals surface area contributed by atoms with Gasteiger partial charge in [0.25, 0.3) is 5.91 Å². The number of rotatable bonds is 6. The van der Waals surface area contributed by atoms with Crippen molar-refractivity contribution >= 4 is 17.5 Å². The van der Waals surface area contributed by atoms with Crippen molar-refractivity contribution in [1.29, 1.82) is 0 Å². The molecule has 3 aromatic rings. The lowest BCUT2D eigenvalue weighted by atomic mass is 10.0. The summed E-state index contributed by atoms with van der Waals surface area (Å²) in [5.74, 6) is 0.545. The Balaban J connectivity index is 1.75. The summed E-state index contributed by atoms with van der Waals surface area (Å²) in [6.07, 6.45) is 1.59. The number of carbonyl (C=O) groups is 1. The highest BCUT2D eigenvalue weighted by Crippen LogP contribution is 2.25. The molecule has 0 fully saturated rings. The Bertz CT molecular complexity index is 909. The first-order chi connectivity index (χ1) is 13.0. The summed E-state index contributed by atoms with van der Waals surface area (Å²) >= 11 is 0. The molecule has 1 aromatic heterocycles. The van der Waals surface area contributed by atoms with Crippen molar-refractivity contribution in [2.45, 2.75) is 32.7 Å². The van der Waals surface area contributed by atoms with E-state index in [9.17, 15) is 4.79 Å². The normalized spacial score (nSPS) is 11.9. The number of aromatic nitrogens is 2. The lowest BCUT2D eigenvalue weighted by Gasteiger charge is -2.15. The maximum atomic E-state index is 12.6. The first-order valence-electron chi connectivity index (χ1n) is 9.09. The second kappa shape index (κ2) is 8.45. The molecule has 3 rings (SSSR count). The zero-order chi connectivity index (χ0) is 19.2. The minimum absolute atomic E-state index is 0.105. The molecule has 1 heterocycles. The summed E-state index contributed by atoms with van der Waals surface area (Å²) in [5.41, 5.74) is 3.50. The van der Waals surface area contributed by atoms with E-state index in [1.165, 1.54) is 5.56 Å². The number of nitrogens with one attached hydrogen (secondary N) is 2. The average Bonchev–Trinajstić information content (AvgIpc) is 2.69. The van der Waals surface area contributed by atoms with Crippen LogP contribution in [0, 0.1) is 0 Å². The summed E-state index contributed by atoms with van der Waals surface area (Å²) in [5, 5.41) is 6.21. The van der Waals surface area contributed by atoms with Gasteiger partial charge >= 0.3 is 0 Å². The molecule has 1 amide bonds. The van der Waals surface area contributed by atoms with Gasteiger partial charge in [0.05, 0.1) is 6.04 Å². The third-order valence-electron chi connectivity index (χ3n) is 4.36. The van der Waals surface area contributed by atoms with Crippen LogP contribution < -0.4 is 10.6 Å². The standard InChI is InChI=1S/C22H24N4O/c1-15(2)18-11-7-8-12-19(18)25-22-23-14-13-20(26-22)21(27)24-16(3)17-9-5-4-6-10-17/h4-16H,1-3H3,(H,24,27)(H,23,25,26). The van der Waals surface area contributed by atoms with E-state index in [0.29, 0.717) is 17.6 Å². The van der Waals surface area contributed by atoms with Crippen LogP contribution in [0.4, 0.5) is 11.6 Å². The summed E-state index contributed by atoms with van der Waals surface area (Å²) in [6, 6.07) is 19.4. The van der Waals surface area contributed by atoms with Gasteiger partial charge in [-0.25, -0.2) is 9.97 Å². The molecule has 1 unspecified atom stereocenters. The second-order valence-corrected chi connectivity index (χ2v) is 6.74. The number of nitrogens with zero attached hydrogens (tertiary/aromatic N) is 2. The molecule has 0 radical (unpaired) electrons. The van der Waals surface area contributed by atoms with E-state index < -0.39 is 0 Å². The summed E-state index contributed by atoms with van der Waals surface area (Å²) < 4.78 is 0. The van der Waals surface area contributed by atoms with Gasteiger partial charge in [0, 0.05) is 11.9 Å². The molecule has 0 bridgehead atoms. The molecule has 0 spiro atoms. The van der Waals surface area contributed by atoms with Crippen LogP contribution in [0.15, 0.2) is 66.9 Å². The van der Waals surface area contributed by atoms with E-state index in [0.717, 1.165) is 11.3 Å². The van der Waals surface area contributed by atoms with Crippen LogP contribution in [-0.4, -0.2) is 15.9 Å². The molecule has 2 N–H and O–H groups in total. The first kappa shape index (κ1) is 18.6. The fraction of sp³-hybridized carbons (Fsp3) is 0.227. The Kier molecular flexibility index (Phi) is 5.81. The van der Waals surface area contributed by atoms with Gasteiger partial charge in [0.1, 0.15) is 5.69 Å². The fourth-order valence-electron chi connectivity index (χ4n) is 2.88. The third-order valence-corrected chi connectivity index (χ3v) is 4.36. The van der Waals surface area contributed by atoms with Crippen molar-refractivity contribution in [3.8, 4) is 0 Å². The van der Waals surface area contributed by atoms with Crippen LogP contribution in [0.3, 0.4) is 0 Å². The highest BCUT2D eigenvalue weighted by molar-refractivity contribution is 5.92. The average molecular weight is 360 g/mol. The number of hydrogen-bond donors (Lipinski definition) is 2. The van der Waals surface area contributed by atoms with E-state index in [-0.39, 0.29) is 11.9 Å². The Labute approximate surface area is 159 Å². The predicted molar refractivity (Wildman–Crippen MR) is 108 cm³/mol. The number of amides is 1. The topological polar surface area (TPSA) is 66.9 Å². The van der Waals surface area contributed by atoms with Crippen LogP contribution in [0.25, 0.3) is 0 Å². The van der Waals surface area contributed by atoms with Crippen LogP contribution in [0.2, 0.25) is 0 Å². The number of para-hydroxylation sites is 1. The smallest absolute Gasteiger partial charge is 0.270 e. The third kappa shape index (κ3) is 4.70. The van der Waals surface area contributed by atoms with Crippen molar-refractivity contribution in [3.05, 3.63) is 83.7 Å². The molecule has 0 aliphatic heterocycles. The Morgan fingerprint density at radius 3 is 2.37 bits per heavy atom. The lowest BCUT2D eigenvalue weighted by Crippen LogP contribution is -2.27. The fourth-order valence-corrected chi connectivity index (χ4v) is 2.88. The zero-order valence-corrected chi connectivity index (χ0v) is 15.8. The number of hydrogen-bond acceptors (Lipinski definition) is 4. The maximum absolute atomic E-state index is 12.6. The van der Waals surface area contributed by atoms with Crippen LogP contribution >= 0.6 is 0 Å². The first-order valence-corrected chi connectivity index (χ1v) is 9.09. The van der Waals surface area contributed by atoms with Gasteiger partial charge in [0.15, 0.2) is 0 Å². The molecule has 1 atom stereocenters. The minimum Gasteiger partial charge on any atom is -0.344 e. The molecule has 0 saturated carbocycles. The lowest BCUT2D eigenvalue weighted by molar-refractivity contribution is 0.0935. The van der Waals surface area contributed by atoms with Gasteiger partial charge in [-0.2, -0.15) is 0 Å². The van der Waals surface area contributed by atoms with Gasteiger partial charge < -0.3 is 10.6 Å². The maximum Gasteiger partial charge on any atom is 0.270 e. The molecule has 27 heavy (non-hydrogen) atoms. The van der Waals surface area contributed by atoms with Gasteiger partial charge in [-0.05, 0) is 36.1 Å². The Morgan fingerprint density at radius 1 is 0.926 bits per heavy atom. The Hall–Kier alpha value is -3.21. The van der Waals surface area contributed by atoms with E-state index >= 15 is 0 Å². The van der Waals surface area contributed by atoms with Crippen molar-refractivity contribution in [3.63, 3.8) is 0 Å². The Morgan fingerprint density at radius 2 is 1.63 bits per heavy atom. The molecule has 0 aliphatic carbocycles. The molecule has 0 aliphatic rings. The zero-order valence-electron chi connectivity index (χ0n) is 15.8. The summed E-state index contributed by atoms with van der Waals surface area (Å²) in [4.78, 5) is 21.2. The van der Waals surface area contributed by atoms with Crippen molar-refractivity contribution < 1.29 is 4.79 Å². The molecule has 0 saturated heterocycles. The van der Waals surface area contributed by atoms with Crippen LogP contribution in [0.5, 0.6) is 0 Å². The summed E-state index contributed by atoms with van der Waals surface area (Å²) in [7, 11) is 0. The van der Waals surface area contributed by atoms with Crippen molar-refractivity contribution in [2.24, 2.45) is 0 Å². The highest BCUT2D eigenvalue weighted by atomic mass is 16.1. The highest BCUT2D eigenvalue weighted by Gasteiger charge is 2.14. The molecule has 5 heteroatoms. The van der Waals surface area contributed by atoms with Crippen LogP contribution in [0.1, 0.15) is 54.3 Å². The largest absolute Gasteiger partial charge is 0.344 e. The number of anilines is 2. The van der Waals surface area contributed by atoms with E-state index in [1.807, 2.05) is 55.5 Å². The second-order valence-electron chi connectivity index (χ2n) is 6.74. The number of carbonyl (C=O) groups excluding carboxylic acids is 1. The molecular formula is C22H24N4O. The molecule has 5 nitrogen and oxygen atoms in total. The van der Waals surface area contributed by atoms with Gasteiger partial charge in [-0.3, -0.25) is 4.79 Å². The molecule has 138 valence electrons. The minimum atomic E-state index is -0.228. The van der Waals surface area contributed by atoms with Crippen LogP contribution in [-0.2, 0) is 0 Å². The van der Waals surface area contributed by atoms with Gasteiger partial charge in [-0.15, -0.1) is 0 Å². The van der Waals surface area contributed by atoms with E-state index in [4.69, 9.17) is 0 Å².